The molecule has 1 nitrogen and oxygen atoms in total. The maximum absolute atomic E-state index is 14.3. The van der Waals surface area contributed by atoms with Crippen molar-refractivity contribution in [3.63, 3.8) is 0 Å². The largest absolute Gasteiger partial charge is 0.313 e. The molecule has 1 saturated heterocycles. The molecule has 1 aromatic rings. The van der Waals surface area contributed by atoms with E-state index in [1.807, 2.05) is 0 Å². The van der Waals surface area contributed by atoms with Gasteiger partial charge in [0.15, 0.2) is 5.67 Å². The van der Waals surface area contributed by atoms with E-state index in [1.54, 1.807) is 12.1 Å². The standard InChI is InChI=1S/C11H13F2N/c12-10-5-2-1-4-9(10)11(13)6-3-7-14-8-11/h1-2,4-5,14H,3,6-8H2. The van der Waals surface area contributed by atoms with Gasteiger partial charge in [0, 0.05) is 12.1 Å². The first kappa shape index (κ1) is 9.59. The van der Waals surface area contributed by atoms with Crippen molar-refractivity contribution in [2.75, 3.05) is 13.1 Å². The molecule has 0 saturated carbocycles. The fraction of sp³-hybridized carbons (Fsp3) is 0.455. The minimum absolute atomic E-state index is 0.187. The molecule has 14 heavy (non-hydrogen) atoms. The van der Waals surface area contributed by atoms with Gasteiger partial charge in [-0.25, -0.2) is 8.78 Å². The van der Waals surface area contributed by atoms with Crippen molar-refractivity contribution in [1.82, 2.24) is 5.32 Å². The van der Waals surface area contributed by atoms with E-state index in [4.69, 9.17) is 0 Å². The number of nitrogens with one attached hydrogen (secondary N) is 1. The SMILES string of the molecule is Fc1ccccc1C1(F)CCCNC1. The number of benzene rings is 1. The van der Waals surface area contributed by atoms with E-state index < -0.39 is 11.5 Å². The first-order valence-corrected chi connectivity index (χ1v) is 4.87. The first-order valence-electron chi connectivity index (χ1n) is 4.87. The maximum atomic E-state index is 14.3. The summed E-state index contributed by atoms with van der Waals surface area (Å²) in [6.45, 7) is 1.04. The third-order valence-corrected chi connectivity index (χ3v) is 2.69. The summed E-state index contributed by atoms with van der Waals surface area (Å²) in [5.41, 5.74) is -1.34. The Morgan fingerprint density at radius 2 is 2.07 bits per heavy atom. The van der Waals surface area contributed by atoms with Gasteiger partial charge in [0.1, 0.15) is 5.82 Å². The Bertz CT molecular complexity index is 319. The van der Waals surface area contributed by atoms with Crippen LogP contribution in [0.3, 0.4) is 0 Å². The third kappa shape index (κ3) is 1.64. The van der Waals surface area contributed by atoms with Crippen LogP contribution < -0.4 is 5.32 Å². The highest BCUT2D eigenvalue weighted by atomic mass is 19.1. The van der Waals surface area contributed by atoms with Crippen molar-refractivity contribution in [3.05, 3.63) is 35.6 Å². The van der Waals surface area contributed by atoms with Crippen LogP contribution in [0.4, 0.5) is 8.78 Å². The van der Waals surface area contributed by atoms with E-state index in [1.165, 1.54) is 12.1 Å². The topological polar surface area (TPSA) is 12.0 Å². The molecule has 0 aliphatic carbocycles. The second kappa shape index (κ2) is 3.65. The zero-order valence-electron chi connectivity index (χ0n) is 7.89. The Morgan fingerprint density at radius 1 is 1.29 bits per heavy atom. The average Bonchev–Trinajstić information content (AvgIpc) is 2.19. The summed E-state index contributed by atoms with van der Waals surface area (Å²) in [4.78, 5) is 0. The van der Waals surface area contributed by atoms with Gasteiger partial charge in [0.2, 0.25) is 0 Å². The molecule has 0 bridgehead atoms. The summed E-state index contributed by atoms with van der Waals surface area (Å²) >= 11 is 0. The van der Waals surface area contributed by atoms with Crippen molar-refractivity contribution in [2.24, 2.45) is 0 Å². The number of rotatable bonds is 1. The van der Waals surface area contributed by atoms with E-state index in [-0.39, 0.29) is 12.1 Å². The van der Waals surface area contributed by atoms with E-state index in [0.717, 1.165) is 13.0 Å². The van der Waals surface area contributed by atoms with Gasteiger partial charge in [-0.15, -0.1) is 0 Å². The lowest BCUT2D eigenvalue weighted by Gasteiger charge is -2.30. The monoisotopic (exact) mass is 197 g/mol. The van der Waals surface area contributed by atoms with E-state index >= 15 is 0 Å². The van der Waals surface area contributed by atoms with Crippen LogP contribution in [0.5, 0.6) is 0 Å². The van der Waals surface area contributed by atoms with Crippen molar-refractivity contribution >= 4 is 0 Å². The van der Waals surface area contributed by atoms with E-state index in [2.05, 4.69) is 5.32 Å². The number of piperidine rings is 1. The molecule has 1 heterocycles. The highest BCUT2D eigenvalue weighted by Gasteiger charge is 2.35. The van der Waals surface area contributed by atoms with Gasteiger partial charge >= 0.3 is 0 Å². The summed E-state index contributed by atoms with van der Waals surface area (Å²) in [6.07, 6.45) is 1.16. The molecule has 1 atom stereocenters. The lowest BCUT2D eigenvalue weighted by molar-refractivity contribution is 0.117. The van der Waals surface area contributed by atoms with Crippen LogP contribution in [0.15, 0.2) is 24.3 Å². The Kier molecular flexibility index (Phi) is 2.50. The number of hydrogen-bond donors (Lipinski definition) is 1. The normalized spacial score (nSPS) is 27.6. The highest BCUT2D eigenvalue weighted by molar-refractivity contribution is 5.25. The maximum Gasteiger partial charge on any atom is 0.151 e. The second-order valence-corrected chi connectivity index (χ2v) is 3.73. The predicted octanol–water partition coefficient (Wildman–Crippen LogP) is 2.37. The van der Waals surface area contributed by atoms with Crippen LogP contribution in [0.1, 0.15) is 18.4 Å². The van der Waals surface area contributed by atoms with Gasteiger partial charge < -0.3 is 5.32 Å². The van der Waals surface area contributed by atoms with Crippen LogP contribution in [0.2, 0.25) is 0 Å². The lowest BCUT2D eigenvalue weighted by atomic mass is 9.88. The first-order chi connectivity index (χ1) is 6.72. The summed E-state index contributed by atoms with van der Waals surface area (Å²) in [6, 6.07) is 6.10. The molecule has 0 amide bonds. The highest BCUT2D eigenvalue weighted by Crippen LogP contribution is 2.33. The zero-order chi connectivity index (χ0) is 10.0. The Labute approximate surface area is 82.1 Å². The summed E-state index contributed by atoms with van der Waals surface area (Å²) in [5.74, 6) is -0.446. The van der Waals surface area contributed by atoms with Gasteiger partial charge in [-0.1, -0.05) is 18.2 Å². The molecule has 1 fully saturated rings. The van der Waals surface area contributed by atoms with Crippen LogP contribution in [-0.2, 0) is 5.67 Å². The van der Waals surface area contributed by atoms with Crippen LogP contribution >= 0.6 is 0 Å². The third-order valence-electron chi connectivity index (χ3n) is 2.69. The molecule has 0 aromatic heterocycles. The van der Waals surface area contributed by atoms with E-state index in [9.17, 15) is 8.78 Å². The average molecular weight is 197 g/mol. The zero-order valence-corrected chi connectivity index (χ0v) is 7.89. The summed E-state index contributed by atoms with van der Waals surface area (Å²) in [7, 11) is 0. The van der Waals surface area contributed by atoms with Gasteiger partial charge in [-0.2, -0.15) is 0 Å². The molecule has 0 spiro atoms. The number of alkyl halides is 1. The Balaban J connectivity index is 2.32. The minimum atomic E-state index is -1.52. The van der Waals surface area contributed by atoms with E-state index in [0.29, 0.717) is 6.42 Å². The smallest absolute Gasteiger partial charge is 0.151 e. The van der Waals surface area contributed by atoms with Crippen molar-refractivity contribution in [2.45, 2.75) is 18.5 Å². The molecule has 1 aromatic carbocycles. The van der Waals surface area contributed by atoms with Gasteiger partial charge in [-0.05, 0) is 25.5 Å². The van der Waals surface area contributed by atoms with Crippen molar-refractivity contribution < 1.29 is 8.78 Å². The van der Waals surface area contributed by atoms with Crippen molar-refractivity contribution in [1.29, 1.82) is 0 Å². The molecular weight excluding hydrogens is 184 g/mol. The quantitative estimate of drug-likeness (QED) is 0.728. The second-order valence-electron chi connectivity index (χ2n) is 3.73. The van der Waals surface area contributed by atoms with Crippen molar-refractivity contribution in [3.8, 4) is 0 Å². The Hall–Kier alpha value is -0.960. The molecule has 2 rings (SSSR count). The molecule has 1 aliphatic rings. The molecule has 76 valence electrons. The fourth-order valence-electron chi connectivity index (χ4n) is 1.92. The Morgan fingerprint density at radius 3 is 2.71 bits per heavy atom. The number of hydrogen-bond acceptors (Lipinski definition) is 1. The number of halogens is 2. The summed E-state index contributed by atoms with van der Waals surface area (Å²) < 4.78 is 27.6. The van der Waals surface area contributed by atoms with Crippen LogP contribution in [-0.4, -0.2) is 13.1 Å². The molecular formula is C11H13F2N. The molecule has 1 unspecified atom stereocenters. The van der Waals surface area contributed by atoms with Gasteiger partial charge in [0.05, 0.1) is 0 Å². The molecule has 1 aliphatic heterocycles. The fourth-order valence-corrected chi connectivity index (χ4v) is 1.92. The molecule has 0 radical (unpaired) electrons. The van der Waals surface area contributed by atoms with Gasteiger partial charge in [0.25, 0.3) is 0 Å². The summed E-state index contributed by atoms with van der Waals surface area (Å²) in [5, 5.41) is 2.96. The van der Waals surface area contributed by atoms with Crippen LogP contribution in [0.25, 0.3) is 0 Å². The predicted molar refractivity (Wildman–Crippen MR) is 51.3 cm³/mol. The molecule has 3 heteroatoms. The lowest BCUT2D eigenvalue weighted by Crippen LogP contribution is -2.40. The minimum Gasteiger partial charge on any atom is -0.313 e. The van der Waals surface area contributed by atoms with Crippen LogP contribution in [0, 0.1) is 5.82 Å². The molecule has 1 N–H and O–H groups in total. The van der Waals surface area contributed by atoms with Gasteiger partial charge in [-0.3, -0.25) is 0 Å².